The van der Waals surface area contributed by atoms with E-state index in [1.54, 1.807) is 7.11 Å². The predicted octanol–water partition coefficient (Wildman–Crippen LogP) is 1.43. The minimum absolute atomic E-state index is 0.0826. The van der Waals surface area contributed by atoms with Crippen molar-refractivity contribution in [1.29, 1.82) is 0 Å². The largest absolute Gasteiger partial charge is 0.496 e. The Morgan fingerprint density at radius 3 is 2.88 bits per heavy atom. The molecule has 3 N–H and O–H groups in total. The number of methoxy groups -OCH3 is 1. The van der Waals surface area contributed by atoms with Crippen molar-refractivity contribution in [3.8, 4) is 5.75 Å². The van der Waals surface area contributed by atoms with Crippen LogP contribution in [0.4, 0.5) is 5.82 Å². The van der Waals surface area contributed by atoms with Crippen molar-refractivity contribution in [3.63, 3.8) is 0 Å². The van der Waals surface area contributed by atoms with E-state index >= 15 is 0 Å². The van der Waals surface area contributed by atoms with E-state index in [0.717, 1.165) is 5.56 Å². The van der Waals surface area contributed by atoms with Gasteiger partial charge in [0.15, 0.2) is 5.78 Å². The summed E-state index contributed by atoms with van der Waals surface area (Å²) in [4.78, 5) is 12.0. The quantitative estimate of drug-likeness (QED) is 0.780. The zero-order valence-electron chi connectivity index (χ0n) is 9.43. The highest BCUT2D eigenvalue weighted by atomic mass is 16.5. The lowest BCUT2D eigenvalue weighted by atomic mass is 10.0. The van der Waals surface area contributed by atoms with Gasteiger partial charge in [0.25, 0.3) is 0 Å². The Morgan fingerprint density at radius 1 is 1.47 bits per heavy atom. The zero-order chi connectivity index (χ0) is 12.3. The van der Waals surface area contributed by atoms with Crippen molar-refractivity contribution in [3.05, 3.63) is 41.6 Å². The highest BCUT2D eigenvalue weighted by molar-refractivity contribution is 6.01. The first-order valence-electron chi connectivity index (χ1n) is 5.16. The lowest BCUT2D eigenvalue weighted by molar-refractivity contribution is 0.0993. The molecule has 0 radical (unpaired) electrons. The van der Waals surface area contributed by atoms with Gasteiger partial charge in [-0.05, 0) is 6.07 Å². The number of para-hydroxylation sites is 1. The Bertz CT molecular complexity index is 534. The number of aromatic amines is 1. The molecule has 0 aliphatic rings. The summed E-state index contributed by atoms with van der Waals surface area (Å²) >= 11 is 0. The van der Waals surface area contributed by atoms with E-state index < -0.39 is 0 Å². The van der Waals surface area contributed by atoms with Crippen LogP contribution < -0.4 is 10.5 Å². The number of nitrogen functional groups attached to an aromatic ring is 1. The average Bonchev–Trinajstić information content (AvgIpc) is 2.76. The second kappa shape index (κ2) is 4.69. The number of Topliss-reactive ketones (excluding diaryl/α,β-unsaturated/α-hetero) is 1. The van der Waals surface area contributed by atoms with Gasteiger partial charge in [-0.15, -0.1) is 0 Å². The summed E-state index contributed by atoms with van der Waals surface area (Å²) in [5.74, 6) is 0.911. The summed E-state index contributed by atoms with van der Waals surface area (Å²) in [5.41, 5.74) is 6.84. The fourth-order valence-electron chi connectivity index (χ4n) is 1.64. The number of carbonyl (C=O) groups excluding carboxylic acids is 1. The molecule has 0 aliphatic heterocycles. The van der Waals surface area contributed by atoms with Gasteiger partial charge in [-0.3, -0.25) is 9.89 Å². The topological polar surface area (TPSA) is 81.0 Å². The molecule has 1 heterocycles. The number of rotatable bonds is 4. The van der Waals surface area contributed by atoms with Crippen LogP contribution in [0.1, 0.15) is 15.9 Å². The second-order valence-electron chi connectivity index (χ2n) is 3.61. The SMILES string of the molecule is COc1ccccc1CC(=O)c1cn[nH]c1N. The number of aromatic nitrogens is 2. The molecule has 0 bridgehead atoms. The van der Waals surface area contributed by atoms with Crippen LogP contribution in [0, 0.1) is 0 Å². The van der Waals surface area contributed by atoms with Crippen molar-refractivity contribution in [1.82, 2.24) is 10.2 Å². The predicted molar refractivity (Wildman–Crippen MR) is 64.0 cm³/mol. The Labute approximate surface area is 98.6 Å². The van der Waals surface area contributed by atoms with Crippen LogP contribution in [0.25, 0.3) is 0 Å². The number of ether oxygens (including phenoxy) is 1. The van der Waals surface area contributed by atoms with Gasteiger partial charge in [0, 0.05) is 12.0 Å². The van der Waals surface area contributed by atoms with Crippen molar-refractivity contribution < 1.29 is 9.53 Å². The summed E-state index contributed by atoms with van der Waals surface area (Å²) in [6.45, 7) is 0. The van der Waals surface area contributed by atoms with Crippen molar-refractivity contribution in [2.24, 2.45) is 0 Å². The fourth-order valence-corrected chi connectivity index (χ4v) is 1.64. The van der Waals surface area contributed by atoms with E-state index in [1.165, 1.54) is 6.20 Å². The summed E-state index contributed by atoms with van der Waals surface area (Å²) in [6.07, 6.45) is 1.68. The summed E-state index contributed by atoms with van der Waals surface area (Å²) in [7, 11) is 1.58. The molecule has 0 atom stereocenters. The summed E-state index contributed by atoms with van der Waals surface area (Å²) < 4.78 is 5.19. The number of hydrogen-bond donors (Lipinski definition) is 2. The molecule has 0 amide bonds. The van der Waals surface area contributed by atoms with Crippen LogP contribution in [-0.4, -0.2) is 23.1 Å². The van der Waals surface area contributed by atoms with Gasteiger partial charge in [-0.25, -0.2) is 0 Å². The molecule has 2 rings (SSSR count). The van der Waals surface area contributed by atoms with Gasteiger partial charge in [-0.1, -0.05) is 18.2 Å². The van der Waals surface area contributed by atoms with Gasteiger partial charge in [-0.2, -0.15) is 5.10 Å². The molecule has 17 heavy (non-hydrogen) atoms. The van der Waals surface area contributed by atoms with E-state index in [2.05, 4.69) is 10.2 Å². The highest BCUT2D eigenvalue weighted by Crippen LogP contribution is 2.20. The molecule has 0 fully saturated rings. The standard InChI is InChI=1S/C12H13N3O2/c1-17-11-5-3-2-4-8(11)6-10(16)9-7-14-15-12(9)13/h2-5,7H,6H2,1H3,(H3,13,14,15). The monoisotopic (exact) mass is 231 g/mol. The minimum Gasteiger partial charge on any atom is -0.496 e. The fraction of sp³-hybridized carbons (Fsp3) is 0.167. The summed E-state index contributed by atoms with van der Waals surface area (Å²) in [5, 5.41) is 6.26. The third-order valence-corrected chi connectivity index (χ3v) is 2.51. The number of anilines is 1. The molecular weight excluding hydrogens is 218 g/mol. The van der Waals surface area contributed by atoms with Gasteiger partial charge < -0.3 is 10.5 Å². The van der Waals surface area contributed by atoms with E-state index in [9.17, 15) is 4.79 Å². The number of nitrogens with one attached hydrogen (secondary N) is 1. The number of nitrogens with zero attached hydrogens (tertiary/aromatic N) is 1. The number of H-pyrrole nitrogens is 1. The van der Waals surface area contributed by atoms with E-state index in [-0.39, 0.29) is 12.2 Å². The van der Waals surface area contributed by atoms with Crippen molar-refractivity contribution in [2.75, 3.05) is 12.8 Å². The number of nitrogens with two attached hydrogens (primary N) is 1. The molecule has 1 aromatic heterocycles. The van der Waals surface area contributed by atoms with Crippen LogP contribution in [0.5, 0.6) is 5.75 Å². The first-order valence-corrected chi connectivity index (χ1v) is 5.16. The molecule has 0 aliphatic carbocycles. The molecule has 0 unspecified atom stereocenters. The lowest BCUT2D eigenvalue weighted by Crippen LogP contribution is -2.06. The maximum Gasteiger partial charge on any atom is 0.172 e. The maximum absolute atomic E-state index is 12.0. The zero-order valence-corrected chi connectivity index (χ0v) is 9.43. The lowest BCUT2D eigenvalue weighted by Gasteiger charge is -2.06. The van der Waals surface area contributed by atoms with Crippen LogP contribution in [-0.2, 0) is 6.42 Å². The molecule has 2 aromatic rings. The Morgan fingerprint density at radius 2 is 2.24 bits per heavy atom. The smallest absolute Gasteiger partial charge is 0.172 e. The van der Waals surface area contributed by atoms with Crippen LogP contribution in [0.3, 0.4) is 0 Å². The molecular formula is C12H13N3O2. The van der Waals surface area contributed by atoms with E-state index in [0.29, 0.717) is 17.1 Å². The molecule has 0 saturated carbocycles. The van der Waals surface area contributed by atoms with Gasteiger partial charge in [0.1, 0.15) is 11.6 Å². The maximum atomic E-state index is 12.0. The number of carbonyl (C=O) groups is 1. The van der Waals surface area contributed by atoms with Crippen molar-refractivity contribution in [2.45, 2.75) is 6.42 Å². The van der Waals surface area contributed by atoms with E-state index in [1.807, 2.05) is 24.3 Å². The third-order valence-electron chi connectivity index (χ3n) is 2.51. The van der Waals surface area contributed by atoms with Gasteiger partial charge >= 0.3 is 0 Å². The first-order chi connectivity index (χ1) is 8.22. The minimum atomic E-state index is -0.0826. The first kappa shape index (κ1) is 11.2. The van der Waals surface area contributed by atoms with Gasteiger partial charge in [0.2, 0.25) is 0 Å². The van der Waals surface area contributed by atoms with Gasteiger partial charge in [0.05, 0.1) is 18.9 Å². The molecule has 1 aromatic carbocycles. The third kappa shape index (κ3) is 2.28. The highest BCUT2D eigenvalue weighted by Gasteiger charge is 2.14. The normalized spacial score (nSPS) is 10.2. The number of benzene rings is 1. The molecule has 0 saturated heterocycles. The Balaban J connectivity index is 2.22. The number of hydrogen-bond acceptors (Lipinski definition) is 4. The second-order valence-corrected chi connectivity index (χ2v) is 3.61. The van der Waals surface area contributed by atoms with E-state index in [4.69, 9.17) is 10.5 Å². The van der Waals surface area contributed by atoms with Crippen LogP contribution >= 0.6 is 0 Å². The molecule has 5 nitrogen and oxygen atoms in total. The average molecular weight is 231 g/mol. The molecule has 0 spiro atoms. The Hall–Kier alpha value is -2.30. The Kier molecular flexibility index (Phi) is 3.09. The van der Waals surface area contributed by atoms with Crippen molar-refractivity contribution >= 4 is 11.6 Å². The molecule has 88 valence electrons. The number of ketones is 1. The van der Waals surface area contributed by atoms with Crippen LogP contribution in [0.15, 0.2) is 30.5 Å². The summed E-state index contributed by atoms with van der Waals surface area (Å²) in [6, 6.07) is 7.40. The molecule has 5 heteroatoms. The van der Waals surface area contributed by atoms with Crippen LogP contribution in [0.2, 0.25) is 0 Å².